The predicted octanol–water partition coefficient (Wildman–Crippen LogP) is 3.96. The molecule has 1 aromatic carbocycles. The van der Waals surface area contributed by atoms with Gasteiger partial charge in [0, 0.05) is 16.6 Å². The third-order valence-electron chi connectivity index (χ3n) is 4.15. The summed E-state index contributed by atoms with van der Waals surface area (Å²) < 4.78 is 2.34. The van der Waals surface area contributed by atoms with Crippen LogP contribution in [0.25, 0.3) is 10.2 Å². The number of thiazole rings is 1. The van der Waals surface area contributed by atoms with Gasteiger partial charge in [-0.3, -0.25) is 0 Å². The van der Waals surface area contributed by atoms with Gasteiger partial charge in [-0.05, 0) is 51.6 Å². The third-order valence-corrected chi connectivity index (χ3v) is 5.62. The number of hydrogen-bond acceptors (Lipinski definition) is 4. The molecule has 0 atom stereocenters. The zero-order valence-electron chi connectivity index (χ0n) is 11.2. The summed E-state index contributed by atoms with van der Waals surface area (Å²) in [6.07, 6.45) is 3.90. The Morgan fingerprint density at radius 3 is 2.84 bits per heavy atom. The first kappa shape index (κ1) is 13.3. The molecule has 1 N–H and O–H groups in total. The second-order valence-corrected chi connectivity index (χ2v) is 7.40. The highest BCUT2D eigenvalue weighted by atomic mass is 79.9. The SMILES string of the molecule is CN(C)C1(CNc2nc3ccc(Br)cc3s2)CCC1. The quantitative estimate of drug-likeness (QED) is 0.913. The summed E-state index contributed by atoms with van der Waals surface area (Å²) in [6.45, 7) is 0.987. The average Bonchev–Trinajstić information content (AvgIpc) is 2.68. The Morgan fingerprint density at radius 2 is 2.21 bits per heavy atom. The van der Waals surface area contributed by atoms with E-state index in [1.165, 1.54) is 24.0 Å². The molecule has 0 aliphatic heterocycles. The van der Waals surface area contributed by atoms with Gasteiger partial charge in [0.1, 0.15) is 0 Å². The Hall–Kier alpha value is -0.650. The fraction of sp³-hybridized carbons (Fsp3) is 0.500. The number of halogens is 1. The molecule has 0 amide bonds. The fourth-order valence-electron chi connectivity index (χ4n) is 2.58. The number of hydrogen-bond donors (Lipinski definition) is 1. The smallest absolute Gasteiger partial charge is 0.183 e. The monoisotopic (exact) mass is 339 g/mol. The third kappa shape index (κ3) is 2.51. The lowest BCUT2D eigenvalue weighted by molar-refractivity contribution is 0.0739. The summed E-state index contributed by atoms with van der Waals surface area (Å²) in [5, 5.41) is 4.56. The summed E-state index contributed by atoms with van der Waals surface area (Å²) in [6, 6.07) is 6.23. The molecule has 0 bridgehead atoms. The van der Waals surface area contributed by atoms with Crippen molar-refractivity contribution in [1.82, 2.24) is 9.88 Å². The summed E-state index contributed by atoms with van der Waals surface area (Å²) in [4.78, 5) is 7.00. The van der Waals surface area contributed by atoms with E-state index in [0.29, 0.717) is 5.54 Å². The molecule has 1 aliphatic carbocycles. The van der Waals surface area contributed by atoms with Crippen LogP contribution in [0.5, 0.6) is 0 Å². The van der Waals surface area contributed by atoms with Crippen LogP contribution in [0.4, 0.5) is 5.13 Å². The minimum absolute atomic E-state index is 0.332. The van der Waals surface area contributed by atoms with Crippen molar-refractivity contribution in [3.63, 3.8) is 0 Å². The molecule has 1 heterocycles. The number of aromatic nitrogens is 1. The van der Waals surface area contributed by atoms with E-state index in [0.717, 1.165) is 21.7 Å². The number of anilines is 1. The summed E-state index contributed by atoms with van der Waals surface area (Å²) in [5.41, 5.74) is 1.40. The van der Waals surface area contributed by atoms with E-state index in [4.69, 9.17) is 0 Å². The maximum atomic E-state index is 4.64. The Kier molecular flexibility index (Phi) is 3.53. The Bertz CT molecular complexity index is 589. The maximum Gasteiger partial charge on any atom is 0.183 e. The van der Waals surface area contributed by atoms with Crippen molar-refractivity contribution in [2.24, 2.45) is 0 Å². The highest BCUT2D eigenvalue weighted by Gasteiger charge is 2.38. The van der Waals surface area contributed by atoms with Gasteiger partial charge in [0.2, 0.25) is 0 Å². The van der Waals surface area contributed by atoms with Crippen molar-refractivity contribution < 1.29 is 0 Å². The number of fused-ring (bicyclic) bond motifs is 1. The van der Waals surface area contributed by atoms with E-state index < -0.39 is 0 Å². The average molecular weight is 340 g/mol. The molecule has 1 aromatic heterocycles. The molecule has 1 fully saturated rings. The van der Waals surface area contributed by atoms with E-state index in [1.54, 1.807) is 11.3 Å². The minimum Gasteiger partial charge on any atom is -0.360 e. The molecule has 3 nitrogen and oxygen atoms in total. The summed E-state index contributed by atoms with van der Waals surface area (Å²) in [5.74, 6) is 0. The molecule has 102 valence electrons. The highest BCUT2D eigenvalue weighted by Crippen LogP contribution is 2.37. The van der Waals surface area contributed by atoms with Gasteiger partial charge in [0.15, 0.2) is 5.13 Å². The van der Waals surface area contributed by atoms with Crippen molar-refractivity contribution in [2.45, 2.75) is 24.8 Å². The molecular formula is C14H18BrN3S. The van der Waals surface area contributed by atoms with Crippen molar-refractivity contribution in [3.05, 3.63) is 22.7 Å². The first-order valence-corrected chi connectivity index (χ1v) is 8.17. The van der Waals surface area contributed by atoms with Gasteiger partial charge < -0.3 is 10.2 Å². The molecular weight excluding hydrogens is 322 g/mol. The maximum absolute atomic E-state index is 4.64. The topological polar surface area (TPSA) is 28.2 Å². The Balaban J connectivity index is 1.75. The fourth-order valence-corrected chi connectivity index (χ4v) is 3.99. The van der Waals surface area contributed by atoms with E-state index in [-0.39, 0.29) is 0 Å². The summed E-state index contributed by atoms with van der Waals surface area (Å²) >= 11 is 5.23. The van der Waals surface area contributed by atoms with Crippen LogP contribution in [0.15, 0.2) is 22.7 Å². The van der Waals surface area contributed by atoms with Gasteiger partial charge in [0.25, 0.3) is 0 Å². The van der Waals surface area contributed by atoms with Crippen LogP contribution >= 0.6 is 27.3 Å². The number of benzene rings is 1. The number of rotatable bonds is 4. The lowest BCUT2D eigenvalue weighted by atomic mass is 9.75. The lowest BCUT2D eigenvalue weighted by Gasteiger charge is -2.47. The van der Waals surface area contributed by atoms with Gasteiger partial charge in [-0.15, -0.1) is 0 Å². The highest BCUT2D eigenvalue weighted by molar-refractivity contribution is 9.10. The zero-order valence-corrected chi connectivity index (χ0v) is 13.6. The second kappa shape index (κ2) is 5.04. The summed E-state index contributed by atoms with van der Waals surface area (Å²) in [7, 11) is 4.35. The van der Waals surface area contributed by atoms with E-state index >= 15 is 0 Å². The second-order valence-electron chi connectivity index (χ2n) is 5.46. The Morgan fingerprint density at radius 1 is 1.42 bits per heavy atom. The van der Waals surface area contributed by atoms with E-state index in [1.807, 2.05) is 6.07 Å². The van der Waals surface area contributed by atoms with Crippen molar-refractivity contribution in [1.29, 1.82) is 0 Å². The normalized spacial score (nSPS) is 17.7. The molecule has 3 rings (SSSR count). The van der Waals surface area contributed by atoms with Gasteiger partial charge in [0.05, 0.1) is 10.2 Å². The van der Waals surface area contributed by atoms with Gasteiger partial charge >= 0.3 is 0 Å². The molecule has 0 radical (unpaired) electrons. The molecule has 1 aliphatic rings. The minimum atomic E-state index is 0.332. The van der Waals surface area contributed by atoms with E-state index in [2.05, 4.69) is 57.4 Å². The first-order chi connectivity index (χ1) is 9.09. The lowest BCUT2D eigenvalue weighted by Crippen LogP contribution is -2.54. The van der Waals surface area contributed by atoms with Crippen LogP contribution in [0.2, 0.25) is 0 Å². The van der Waals surface area contributed by atoms with Crippen LogP contribution in [-0.2, 0) is 0 Å². The van der Waals surface area contributed by atoms with E-state index in [9.17, 15) is 0 Å². The Labute approximate surface area is 126 Å². The first-order valence-electron chi connectivity index (χ1n) is 6.56. The van der Waals surface area contributed by atoms with Crippen LogP contribution in [-0.4, -0.2) is 36.1 Å². The molecule has 0 unspecified atom stereocenters. The number of likely N-dealkylation sites (N-methyl/N-ethyl adjacent to an activating group) is 1. The van der Waals surface area contributed by atoms with Gasteiger partial charge in [-0.1, -0.05) is 27.3 Å². The van der Waals surface area contributed by atoms with Crippen LogP contribution in [0, 0.1) is 0 Å². The molecule has 2 aromatic rings. The molecule has 1 saturated carbocycles. The van der Waals surface area contributed by atoms with Crippen molar-refractivity contribution >= 4 is 42.6 Å². The standard InChI is InChI=1S/C14H18BrN3S/c1-18(2)14(6-3-7-14)9-16-13-17-11-5-4-10(15)8-12(11)19-13/h4-5,8H,3,6-7,9H2,1-2H3,(H,16,17). The molecule has 5 heteroatoms. The van der Waals surface area contributed by atoms with Crippen molar-refractivity contribution in [2.75, 3.05) is 26.0 Å². The number of nitrogens with zero attached hydrogens (tertiary/aromatic N) is 2. The molecule has 0 spiro atoms. The van der Waals surface area contributed by atoms with Gasteiger partial charge in [-0.25, -0.2) is 4.98 Å². The van der Waals surface area contributed by atoms with Crippen LogP contribution < -0.4 is 5.32 Å². The predicted molar refractivity (Wildman–Crippen MR) is 86.1 cm³/mol. The molecule has 19 heavy (non-hydrogen) atoms. The number of nitrogens with one attached hydrogen (secondary N) is 1. The molecule has 0 saturated heterocycles. The van der Waals surface area contributed by atoms with Crippen molar-refractivity contribution in [3.8, 4) is 0 Å². The van der Waals surface area contributed by atoms with Crippen LogP contribution in [0.3, 0.4) is 0 Å². The van der Waals surface area contributed by atoms with Gasteiger partial charge in [-0.2, -0.15) is 0 Å². The largest absolute Gasteiger partial charge is 0.360 e. The van der Waals surface area contributed by atoms with Crippen LogP contribution in [0.1, 0.15) is 19.3 Å². The zero-order chi connectivity index (χ0) is 13.5.